The first-order valence-electron chi connectivity index (χ1n) is 5.58. The molecule has 1 heterocycles. The van der Waals surface area contributed by atoms with Crippen LogP contribution in [-0.4, -0.2) is 21.8 Å². The number of aromatic nitrogens is 1. The second kappa shape index (κ2) is 6.41. The highest BCUT2D eigenvalue weighted by Crippen LogP contribution is 2.30. The average molecular weight is 314 g/mol. The Morgan fingerprint density at radius 2 is 2.11 bits per heavy atom. The lowest BCUT2D eigenvalue weighted by Gasteiger charge is -1.96. The molecule has 0 bridgehead atoms. The fourth-order valence-corrected chi connectivity index (χ4v) is 3.65. The predicted octanol–water partition coefficient (Wildman–Crippen LogP) is 4.09. The van der Waals surface area contributed by atoms with Crippen molar-refractivity contribution in [3.05, 3.63) is 39.9 Å². The molecule has 100 valence electrons. The van der Waals surface area contributed by atoms with Gasteiger partial charge in [-0.05, 0) is 19.1 Å². The molecule has 2 aromatic rings. The van der Waals surface area contributed by atoms with E-state index in [9.17, 15) is 4.79 Å². The monoisotopic (exact) mass is 313 g/mol. The lowest BCUT2D eigenvalue weighted by molar-refractivity contribution is -0.133. The zero-order chi connectivity index (χ0) is 13.8. The molecule has 0 saturated heterocycles. The summed E-state index contributed by atoms with van der Waals surface area (Å²) in [6.07, 6.45) is 0. The van der Waals surface area contributed by atoms with Gasteiger partial charge in [-0.15, -0.1) is 23.1 Å². The molecule has 0 spiro atoms. The molecule has 1 N–H and O–H groups in total. The van der Waals surface area contributed by atoms with Crippen molar-refractivity contribution in [3.8, 4) is 10.6 Å². The topological polar surface area (TPSA) is 50.2 Å². The van der Waals surface area contributed by atoms with Crippen LogP contribution in [0.4, 0.5) is 0 Å². The van der Waals surface area contributed by atoms with Gasteiger partial charge in [0.25, 0.3) is 0 Å². The fourth-order valence-electron chi connectivity index (χ4n) is 1.51. The second-order valence-corrected chi connectivity index (χ2v) is 6.43. The molecule has 0 radical (unpaired) electrons. The Morgan fingerprint density at radius 3 is 2.74 bits per heavy atom. The number of thiazole rings is 1. The number of halogens is 1. The zero-order valence-corrected chi connectivity index (χ0v) is 12.6. The summed E-state index contributed by atoms with van der Waals surface area (Å²) in [5.74, 6) is 0.0156. The lowest BCUT2D eigenvalue weighted by Crippen LogP contribution is -1.97. The molecular weight excluding hydrogens is 302 g/mol. The number of aryl methyl sites for hydroxylation is 1. The predicted molar refractivity (Wildman–Crippen MR) is 81.1 cm³/mol. The maximum absolute atomic E-state index is 10.5. The van der Waals surface area contributed by atoms with Crippen molar-refractivity contribution in [1.29, 1.82) is 0 Å². The Labute approximate surface area is 124 Å². The van der Waals surface area contributed by atoms with Crippen LogP contribution >= 0.6 is 34.7 Å². The highest BCUT2D eigenvalue weighted by Gasteiger charge is 2.10. The largest absolute Gasteiger partial charge is 0.481 e. The fraction of sp³-hybridized carbons (Fsp3) is 0.231. The third-order valence-electron chi connectivity index (χ3n) is 2.44. The standard InChI is InChI=1S/C13H12ClNO2S2/c1-8-11(6-18-7-12(16)17)19-13(15-8)9-2-4-10(14)5-3-9/h2-5H,6-7H2,1H3,(H,16,17). The summed E-state index contributed by atoms with van der Waals surface area (Å²) in [5, 5.41) is 10.3. The van der Waals surface area contributed by atoms with Crippen LogP contribution in [-0.2, 0) is 10.5 Å². The van der Waals surface area contributed by atoms with Crippen molar-refractivity contribution >= 4 is 40.7 Å². The zero-order valence-electron chi connectivity index (χ0n) is 10.2. The second-order valence-electron chi connectivity index (χ2n) is 3.92. The summed E-state index contributed by atoms with van der Waals surface area (Å²) < 4.78 is 0. The van der Waals surface area contributed by atoms with Gasteiger partial charge in [0, 0.05) is 21.2 Å². The van der Waals surface area contributed by atoms with E-state index in [0.29, 0.717) is 10.8 Å². The van der Waals surface area contributed by atoms with Crippen molar-refractivity contribution in [1.82, 2.24) is 4.98 Å². The van der Waals surface area contributed by atoms with Crippen LogP contribution in [0.5, 0.6) is 0 Å². The summed E-state index contributed by atoms with van der Waals surface area (Å²) in [6.45, 7) is 1.95. The maximum atomic E-state index is 10.5. The lowest BCUT2D eigenvalue weighted by atomic mass is 10.2. The number of carboxylic acid groups (broad SMARTS) is 1. The summed E-state index contributed by atoms with van der Waals surface area (Å²) in [7, 11) is 0. The minimum atomic E-state index is -0.787. The van der Waals surface area contributed by atoms with Gasteiger partial charge in [-0.3, -0.25) is 4.79 Å². The molecular formula is C13H12ClNO2S2. The Kier molecular flexibility index (Phi) is 4.85. The number of hydrogen-bond donors (Lipinski definition) is 1. The number of carbonyl (C=O) groups is 1. The average Bonchev–Trinajstić information content (AvgIpc) is 2.71. The van der Waals surface area contributed by atoms with Crippen LogP contribution < -0.4 is 0 Å². The first-order valence-corrected chi connectivity index (χ1v) is 7.93. The van der Waals surface area contributed by atoms with Crippen molar-refractivity contribution in [3.63, 3.8) is 0 Å². The van der Waals surface area contributed by atoms with E-state index in [1.165, 1.54) is 11.8 Å². The Balaban J connectivity index is 2.12. The molecule has 0 amide bonds. The number of thioether (sulfide) groups is 1. The number of rotatable bonds is 5. The van der Waals surface area contributed by atoms with Gasteiger partial charge >= 0.3 is 5.97 Å². The molecule has 0 saturated carbocycles. The van der Waals surface area contributed by atoms with Crippen molar-refractivity contribution in [2.24, 2.45) is 0 Å². The van der Waals surface area contributed by atoms with Gasteiger partial charge in [0.1, 0.15) is 5.01 Å². The van der Waals surface area contributed by atoms with E-state index in [1.54, 1.807) is 11.3 Å². The van der Waals surface area contributed by atoms with Gasteiger partial charge in [0.2, 0.25) is 0 Å². The van der Waals surface area contributed by atoms with Crippen LogP contribution in [0.1, 0.15) is 10.6 Å². The van der Waals surface area contributed by atoms with E-state index in [2.05, 4.69) is 4.98 Å². The molecule has 2 rings (SSSR count). The van der Waals surface area contributed by atoms with E-state index in [1.807, 2.05) is 31.2 Å². The van der Waals surface area contributed by atoms with Gasteiger partial charge < -0.3 is 5.11 Å². The Bertz CT molecular complexity index is 581. The Morgan fingerprint density at radius 1 is 1.42 bits per heavy atom. The number of aliphatic carboxylic acids is 1. The van der Waals surface area contributed by atoms with Crippen molar-refractivity contribution in [2.45, 2.75) is 12.7 Å². The Hall–Kier alpha value is -1.04. The molecule has 0 atom stereocenters. The van der Waals surface area contributed by atoms with Crippen molar-refractivity contribution in [2.75, 3.05) is 5.75 Å². The molecule has 19 heavy (non-hydrogen) atoms. The van der Waals surface area contributed by atoms with E-state index < -0.39 is 5.97 Å². The quantitative estimate of drug-likeness (QED) is 0.903. The van der Waals surface area contributed by atoms with Crippen LogP contribution in [0.25, 0.3) is 10.6 Å². The molecule has 0 aliphatic carbocycles. The highest BCUT2D eigenvalue weighted by atomic mass is 35.5. The van der Waals surface area contributed by atoms with E-state index in [0.717, 1.165) is 21.1 Å². The number of carboxylic acids is 1. The van der Waals surface area contributed by atoms with Crippen LogP contribution in [0.2, 0.25) is 5.02 Å². The normalized spacial score (nSPS) is 10.6. The minimum absolute atomic E-state index is 0.119. The third kappa shape index (κ3) is 3.96. The minimum Gasteiger partial charge on any atom is -0.481 e. The van der Waals surface area contributed by atoms with E-state index in [4.69, 9.17) is 16.7 Å². The number of nitrogens with zero attached hydrogens (tertiary/aromatic N) is 1. The number of hydrogen-bond acceptors (Lipinski definition) is 4. The third-order valence-corrected chi connectivity index (χ3v) is 5.03. The highest BCUT2D eigenvalue weighted by molar-refractivity contribution is 7.99. The first-order chi connectivity index (χ1) is 9.06. The first kappa shape index (κ1) is 14.4. The molecule has 0 aliphatic rings. The van der Waals surface area contributed by atoms with Gasteiger partial charge in [-0.25, -0.2) is 4.98 Å². The smallest absolute Gasteiger partial charge is 0.313 e. The van der Waals surface area contributed by atoms with Crippen molar-refractivity contribution < 1.29 is 9.90 Å². The molecule has 1 aromatic heterocycles. The summed E-state index contributed by atoms with van der Waals surface area (Å²) in [6, 6.07) is 7.56. The molecule has 0 fully saturated rings. The van der Waals surface area contributed by atoms with Gasteiger partial charge in [-0.2, -0.15) is 0 Å². The molecule has 0 unspecified atom stereocenters. The van der Waals surface area contributed by atoms with Gasteiger partial charge in [-0.1, -0.05) is 23.7 Å². The van der Waals surface area contributed by atoms with Crippen LogP contribution in [0, 0.1) is 6.92 Å². The summed E-state index contributed by atoms with van der Waals surface area (Å²) in [4.78, 5) is 16.1. The SMILES string of the molecule is Cc1nc(-c2ccc(Cl)cc2)sc1CSCC(=O)O. The number of benzene rings is 1. The van der Waals surface area contributed by atoms with E-state index in [-0.39, 0.29) is 5.75 Å². The maximum Gasteiger partial charge on any atom is 0.313 e. The van der Waals surface area contributed by atoms with E-state index >= 15 is 0 Å². The van der Waals surface area contributed by atoms with Gasteiger partial charge in [0.05, 0.1) is 11.4 Å². The molecule has 3 nitrogen and oxygen atoms in total. The van der Waals surface area contributed by atoms with Gasteiger partial charge in [0.15, 0.2) is 0 Å². The molecule has 1 aromatic carbocycles. The molecule has 0 aliphatic heterocycles. The van der Waals surface area contributed by atoms with Crippen LogP contribution in [0.3, 0.4) is 0 Å². The summed E-state index contributed by atoms with van der Waals surface area (Å²) >= 11 is 8.85. The molecule has 6 heteroatoms. The summed E-state index contributed by atoms with van der Waals surface area (Å²) in [5.41, 5.74) is 2.00. The van der Waals surface area contributed by atoms with Crippen LogP contribution in [0.15, 0.2) is 24.3 Å².